The molecule has 0 radical (unpaired) electrons. The van der Waals surface area contributed by atoms with Gasteiger partial charge in [0.05, 0.1) is 5.75 Å². The zero-order valence-electron chi connectivity index (χ0n) is 10.8. The van der Waals surface area contributed by atoms with Gasteiger partial charge in [0.1, 0.15) is 20.5 Å². The highest BCUT2D eigenvalue weighted by molar-refractivity contribution is 8.13. The van der Waals surface area contributed by atoms with Crippen LogP contribution in [0.5, 0.6) is 0 Å². The van der Waals surface area contributed by atoms with Crippen LogP contribution in [0.4, 0.5) is 0 Å². The van der Waals surface area contributed by atoms with Gasteiger partial charge in [0, 0.05) is 29.5 Å². The molecule has 7 nitrogen and oxygen atoms in total. The molecule has 0 aliphatic carbocycles. The van der Waals surface area contributed by atoms with Crippen molar-refractivity contribution in [2.75, 3.05) is 18.6 Å². The van der Waals surface area contributed by atoms with Gasteiger partial charge in [-0.3, -0.25) is 4.79 Å². The van der Waals surface area contributed by atoms with Crippen molar-refractivity contribution in [3.63, 3.8) is 0 Å². The molecular weight excluding hydrogens is 330 g/mol. The largest absolute Gasteiger partial charge is 0.455 e. The molecule has 20 heavy (non-hydrogen) atoms. The monoisotopic (exact) mass is 343 g/mol. The minimum absolute atomic E-state index is 0.0151. The van der Waals surface area contributed by atoms with Crippen molar-refractivity contribution in [2.45, 2.75) is 18.2 Å². The van der Waals surface area contributed by atoms with Crippen LogP contribution in [-0.4, -0.2) is 41.3 Å². The second-order valence-electron chi connectivity index (χ2n) is 4.21. The minimum Gasteiger partial charge on any atom is -0.455 e. The number of furan rings is 1. The Bertz CT molecular complexity index is 704. The molecule has 1 aromatic heterocycles. The Morgan fingerprint density at radius 3 is 2.40 bits per heavy atom. The first-order valence-electron chi connectivity index (χ1n) is 5.52. The number of carbonyl (C=O) groups is 1. The summed E-state index contributed by atoms with van der Waals surface area (Å²) in [6.07, 6.45) is 1.35. The lowest BCUT2D eigenvalue weighted by Crippen LogP contribution is -2.25. The Hall–Kier alpha value is -1.06. The lowest BCUT2D eigenvalue weighted by atomic mass is 10.4. The predicted octanol–water partition coefficient (Wildman–Crippen LogP) is 0.680. The Morgan fingerprint density at radius 2 is 1.95 bits per heavy atom. The fraction of sp³-hybridized carbons (Fsp3) is 0.500. The van der Waals surface area contributed by atoms with E-state index in [-0.39, 0.29) is 35.1 Å². The quantitative estimate of drug-likeness (QED) is 0.600. The highest BCUT2D eigenvalue weighted by atomic mass is 35.7. The van der Waals surface area contributed by atoms with Crippen LogP contribution in [0.25, 0.3) is 0 Å². The molecule has 10 heteroatoms. The zero-order chi connectivity index (χ0) is 15.6. The number of amides is 1. The maximum atomic E-state index is 11.7. The first kappa shape index (κ1) is 17.0. The Morgan fingerprint density at radius 1 is 1.35 bits per heavy atom. The number of halogens is 1. The average Bonchev–Trinajstić information content (AvgIpc) is 2.65. The molecule has 1 heterocycles. The van der Waals surface area contributed by atoms with Crippen LogP contribution in [-0.2, 0) is 18.9 Å². The highest BCUT2D eigenvalue weighted by Gasteiger charge is 2.21. The van der Waals surface area contributed by atoms with E-state index in [2.05, 4.69) is 5.32 Å². The lowest BCUT2D eigenvalue weighted by Gasteiger charge is -2.01. The van der Waals surface area contributed by atoms with Gasteiger partial charge in [-0.15, -0.1) is 0 Å². The summed E-state index contributed by atoms with van der Waals surface area (Å²) in [6.45, 7) is 1.50. The summed E-state index contributed by atoms with van der Waals surface area (Å²) in [6, 6.07) is 1.03. The van der Waals surface area contributed by atoms with E-state index in [1.54, 1.807) is 0 Å². The zero-order valence-corrected chi connectivity index (χ0v) is 13.2. The third-order valence-corrected chi connectivity index (χ3v) is 4.80. The molecule has 0 aliphatic heterocycles. The predicted molar refractivity (Wildman–Crippen MR) is 73.1 cm³/mol. The van der Waals surface area contributed by atoms with Gasteiger partial charge in [-0.05, 0) is 13.3 Å². The van der Waals surface area contributed by atoms with Crippen LogP contribution in [0, 0.1) is 6.92 Å². The number of nitrogens with one attached hydrogen (secondary N) is 1. The van der Waals surface area contributed by atoms with Gasteiger partial charge >= 0.3 is 0 Å². The maximum absolute atomic E-state index is 11.7. The molecule has 0 saturated carbocycles. The van der Waals surface area contributed by atoms with Crippen molar-refractivity contribution < 1.29 is 26.0 Å². The van der Waals surface area contributed by atoms with Crippen molar-refractivity contribution in [3.8, 4) is 0 Å². The van der Waals surface area contributed by atoms with Crippen molar-refractivity contribution in [3.05, 3.63) is 17.6 Å². The summed E-state index contributed by atoms with van der Waals surface area (Å²) in [5, 5.41) is 2.43. The fourth-order valence-electron chi connectivity index (χ4n) is 1.44. The molecule has 0 bridgehead atoms. The van der Waals surface area contributed by atoms with Crippen molar-refractivity contribution in [1.29, 1.82) is 0 Å². The standard InChI is InChI=1S/C10H14ClNO6S2/c1-7-9(20(11,16)17)6-8(18-7)10(13)12-4-3-5-19(2,14)15/h6H,3-5H2,1-2H3,(H,12,13). The van der Waals surface area contributed by atoms with Crippen LogP contribution < -0.4 is 5.32 Å². The molecule has 0 atom stereocenters. The Balaban J connectivity index is 2.66. The van der Waals surface area contributed by atoms with E-state index >= 15 is 0 Å². The fourth-order valence-corrected chi connectivity index (χ4v) is 3.20. The van der Waals surface area contributed by atoms with E-state index in [1.807, 2.05) is 0 Å². The van der Waals surface area contributed by atoms with E-state index in [9.17, 15) is 21.6 Å². The Labute approximate surface area is 121 Å². The average molecular weight is 344 g/mol. The van der Waals surface area contributed by atoms with E-state index in [0.29, 0.717) is 0 Å². The molecular formula is C10H14ClNO6S2. The van der Waals surface area contributed by atoms with Crippen LogP contribution in [0.3, 0.4) is 0 Å². The summed E-state index contributed by atoms with van der Waals surface area (Å²) in [4.78, 5) is 11.4. The van der Waals surface area contributed by atoms with Crippen LogP contribution >= 0.6 is 10.7 Å². The van der Waals surface area contributed by atoms with Crippen LogP contribution in [0.2, 0.25) is 0 Å². The van der Waals surface area contributed by atoms with Crippen LogP contribution in [0.1, 0.15) is 22.7 Å². The highest BCUT2D eigenvalue weighted by Crippen LogP contribution is 2.23. The summed E-state index contributed by atoms with van der Waals surface area (Å²) >= 11 is 0. The van der Waals surface area contributed by atoms with Gasteiger partial charge in [-0.25, -0.2) is 16.8 Å². The van der Waals surface area contributed by atoms with Crippen molar-refractivity contribution in [1.82, 2.24) is 5.32 Å². The number of carbonyl (C=O) groups excluding carboxylic acids is 1. The van der Waals surface area contributed by atoms with Gasteiger partial charge in [0.15, 0.2) is 5.76 Å². The van der Waals surface area contributed by atoms with E-state index < -0.39 is 24.8 Å². The first-order valence-corrected chi connectivity index (χ1v) is 9.89. The SMILES string of the molecule is Cc1oc(C(=O)NCCCS(C)(=O)=O)cc1S(=O)(=O)Cl. The summed E-state index contributed by atoms with van der Waals surface area (Å²) in [7, 11) is -1.88. The molecule has 1 amide bonds. The number of hydrogen-bond donors (Lipinski definition) is 1. The Kier molecular flexibility index (Phi) is 5.22. The second-order valence-corrected chi connectivity index (χ2v) is 9.00. The molecule has 0 saturated heterocycles. The smallest absolute Gasteiger partial charge is 0.287 e. The van der Waals surface area contributed by atoms with Gasteiger partial charge < -0.3 is 9.73 Å². The topological polar surface area (TPSA) is 111 Å². The molecule has 0 fully saturated rings. The first-order chi connectivity index (χ1) is 9.00. The molecule has 1 aromatic rings. The van der Waals surface area contributed by atoms with E-state index in [1.165, 1.54) is 6.92 Å². The molecule has 0 aliphatic rings. The van der Waals surface area contributed by atoms with Gasteiger partial charge in [-0.2, -0.15) is 0 Å². The van der Waals surface area contributed by atoms with Gasteiger partial charge in [-0.1, -0.05) is 0 Å². The summed E-state index contributed by atoms with van der Waals surface area (Å²) < 4.78 is 49.1. The number of aryl methyl sites for hydroxylation is 1. The lowest BCUT2D eigenvalue weighted by molar-refractivity contribution is 0.0924. The number of sulfone groups is 1. The maximum Gasteiger partial charge on any atom is 0.287 e. The second kappa shape index (κ2) is 6.15. The third kappa shape index (κ3) is 5.14. The molecule has 0 aromatic carbocycles. The summed E-state index contributed by atoms with van der Waals surface area (Å²) in [5.74, 6) is -0.860. The molecule has 0 unspecified atom stereocenters. The number of rotatable bonds is 6. The van der Waals surface area contributed by atoms with Crippen molar-refractivity contribution in [2.24, 2.45) is 0 Å². The molecule has 1 N–H and O–H groups in total. The summed E-state index contributed by atoms with van der Waals surface area (Å²) in [5.41, 5.74) is 0. The molecule has 1 rings (SSSR count). The van der Waals surface area contributed by atoms with E-state index in [4.69, 9.17) is 15.1 Å². The van der Waals surface area contributed by atoms with Gasteiger partial charge in [0.2, 0.25) is 0 Å². The van der Waals surface area contributed by atoms with Crippen molar-refractivity contribution >= 4 is 35.5 Å². The molecule has 114 valence electrons. The number of hydrogen-bond acceptors (Lipinski definition) is 6. The van der Waals surface area contributed by atoms with Crippen LogP contribution in [0.15, 0.2) is 15.4 Å². The normalized spacial score (nSPS) is 12.3. The van der Waals surface area contributed by atoms with Gasteiger partial charge in [0.25, 0.3) is 15.0 Å². The minimum atomic E-state index is -3.97. The molecule has 0 spiro atoms. The van der Waals surface area contributed by atoms with E-state index in [0.717, 1.165) is 12.3 Å². The third-order valence-electron chi connectivity index (χ3n) is 2.34.